The van der Waals surface area contributed by atoms with Gasteiger partial charge in [0, 0.05) is 29.6 Å². The lowest BCUT2D eigenvalue weighted by molar-refractivity contribution is -0.384. The van der Waals surface area contributed by atoms with Crippen molar-refractivity contribution >= 4 is 18.3 Å². The third-order valence-corrected chi connectivity index (χ3v) is 5.48. The minimum absolute atomic E-state index is 0.0675. The van der Waals surface area contributed by atoms with Crippen LogP contribution < -0.4 is 10.2 Å². The number of nitro benzene ring substituents is 1. The van der Waals surface area contributed by atoms with E-state index >= 15 is 0 Å². The van der Waals surface area contributed by atoms with Crippen molar-refractivity contribution in [1.29, 1.82) is 0 Å². The van der Waals surface area contributed by atoms with Crippen LogP contribution in [-0.4, -0.2) is 23.2 Å². The second kappa shape index (κ2) is 5.56. The summed E-state index contributed by atoms with van der Waals surface area (Å²) in [6.45, 7) is 8.05. The van der Waals surface area contributed by atoms with Gasteiger partial charge >= 0.3 is 7.12 Å². The molecule has 2 aliphatic heterocycles. The summed E-state index contributed by atoms with van der Waals surface area (Å²) in [5.74, 6) is 1.35. The van der Waals surface area contributed by atoms with Crippen LogP contribution in [0.4, 0.5) is 5.69 Å². The summed E-state index contributed by atoms with van der Waals surface area (Å²) in [6.07, 6.45) is 0.569. The van der Waals surface area contributed by atoms with Crippen LogP contribution in [0.3, 0.4) is 0 Å². The lowest BCUT2D eigenvalue weighted by atomic mass is 9.76. The van der Waals surface area contributed by atoms with Crippen LogP contribution in [-0.2, 0) is 15.7 Å². The van der Waals surface area contributed by atoms with Gasteiger partial charge in [-0.05, 0) is 39.3 Å². The molecule has 0 unspecified atom stereocenters. The Kier molecular flexibility index (Phi) is 3.65. The normalized spacial score (nSPS) is 19.5. The van der Waals surface area contributed by atoms with E-state index in [9.17, 15) is 10.1 Å². The summed E-state index contributed by atoms with van der Waals surface area (Å²) in [4.78, 5) is 10.6. The number of hydrogen-bond donors (Lipinski definition) is 0. The van der Waals surface area contributed by atoms with Crippen LogP contribution in [0.2, 0.25) is 0 Å². The quantitative estimate of drug-likeness (QED) is 0.400. The predicted octanol–water partition coefficient (Wildman–Crippen LogP) is 3.59. The molecule has 2 heterocycles. The molecule has 7 heteroatoms. The van der Waals surface area contributed by atoms with Gasteiger partial charge in [-0.15, -0.1) is 0 Å². The first-order chi connectivity index (χ1) is 12.2. The van der Waals surface area contributed by atoms with Crippen LogP contribution >= 0.6 is 0 Å². The van der Waals surface area contributed by atoms with E-state index in [4.69, 9.17) is 14.0 Å². The van der Waals surface area contributed by atoms with Crippen molar-refractivity contribution in [2.45, 2.75) is 45.3 Å². The summed E-state index contributed by atoms with van der Waals surface area (Å²) < 4.78 is 18.4. The van der Waals surface area contributed by atoms with Gasteiger partial charge < -0.3 is 14.0 Å². The molecule has 2 aromatic carbocycles. The Hall–Kier alpha value is -2.38. The third kappa shape index (κ3) is 2.59. The number of nitrogens with zero attached hydrogens (tertiary/aromatic N) is 1. The molecule has 1 fully saturated rings. The van der Waals surface area contributed by atoms with E-state index in [1.54, 1.807) is 12.1 Å². The largest absolute Gasteiger partial charge is 0.498 e. The first kappa shape index (κ1) is 17.1. The number of nitro groups is 1. The van der Waals surface area contributed by atoms with E-state index in [1.165, 1.54) is 6.07 Å². The highest BCUT2D eigenvalue weighted by Crippen LogP contribution is 2.40. The van der Waals surface area contributed by atoms with Crippen molar-refractivity contribution in [2.24, 2.45) is 0 Å². The summed E-state index contributed by atoms with van der Waals surface area (Å²) in [5, 5.41) is 11.0. The predicted molar refractivity (Wildman–Crippen MR) is 98.1 cm³/mol. The van der Waals surface area contributed by atoms with Crippen LogP contribution in [0.15, 0.2) is 36.4 Å². The number of non-ortho nitro benzene ring substituents is 1. The number of hydrogen-bond acceptors (Lipinski definition) is 5. The molecule has 0 bridgehead atoms. The van der Waals surface area contributed by atoms with Crippen LogP contribution in [0, 0.1) is 10.1 Å². The Morgan fingerprint density at radius 3 is 2.38 bits per heavy atom. The first-order valence-corrected chi connectivity index (χ1v) is 8.60. The van der Waals surface area contributed by atoms with E-state index in [-0.39, 0.29) is 5.69 Å². The third-order valence-electron chi connectivity index (χ3n) is 5.48. The minimum Gasteiger partial charge on any atom is -0.457 e. The van der Waals surface area contributed by atoms with Gasteiger partial charge in [-0.2, -0.15) is 0 Å². The number of para-hydroxylation sites is 1. The van der Waals surface area contributed by atoms with E-state index in [2.05, 4.69) is 0 Å². The van der Waals surface area contributed by atoms with Crippen molar-refractivity contribution in [2.75, 3.05) is 0 Å². The molecule has 0 spiro atoms. The molecule has 0 radical (unpaired) electrons. The Morgan fingerprint density at radius 2 is 1.73 bits per heavy atom. The molecule has 2 aromatic rings. The second-order valence-corrected chi connectivity index (χ2v) is 7.75. The Morgan fingerprint density at radius 1 is 1.04 bits per heavy atom. The minimum atomic E-state index is -0.519. The molecule has 0 N–H and O–H groups in total. The molecular formula is C19H20BNO5. The van der Waals surface area contributed by atoms with Crippen LogP contribution in [0.1, 0.15) is 38.8 Å². The highest BCUT2D eigenvalue weighted by molar-refractivity contribution is 6.63. The van der Waals surface area contributed by atoms with Crippen molar-refractivity contribution in [3.8, 4) is 11.5 Å². The molecule has 0 amide bonds. The zero-order valence-corrected chi connectivity index (χ0v) is 15.2. The fourth-order valence-electron chi connectivity index (χ4n) is 3.26. The van der Waals surface area contributed by atoms with E-state index in [0.29, 0.717) is 17.9 Å². The van der Waals surface area contributed by atoms with Gasteiger partial charge in [-0.1, -0.05) is 18.2 Å². The van der Waals surface area contributed by atoms with Gasteiger partial charge in [0.05, 0.1) is 16.1 Å². The molecule has 0 aliphatic carbocycles. The molecular weight excluding hydrogens is 333 g/mol. The Labute approximate surface area is 152 Å². The van der Waals surface area contributed by atoms with Gasteiger partial charge in [0.25, 0.3) is 5.69 Å². The first-order valence-electron chi connectivity index (χ1n) is 8.60. The molecule has 0 saturated carbocycles. The maximum Gasteiger partial charge on any atom is 0.498 e. The zero-order valence-electron chi connectivity index (χ0n) is 15.2. The molecule has 1 saturated heterocycles. The smallest absolute Gasteiger partial charge is 0.457 e. The molecule has 4 rings (SSSR count). The highest BCUT2D eigenvalue weighted by atomic mass is 16.7. The van der Waals surface area contributed by atoms with Crippen molar-refractivity contribution in [3.63, 3.8) is 0 Å². The molecule has 0 atom stereocenters. The number of ether oxygens (including phenoxy) is 1. The van der Waals surface area contributed by atoms with E-state index in [1.807, 2.05) is 45.9 Å². The summed E-state index contributed by atoms with van der Waals surface area (Å²) in [6, 6.07) is 10.5. The van der Waals surface area contributed by atoms with Crippen molar-refractivity contribution < 1.29 is 19.0 Å². The fourth-order valence-corrected chi connectivity index (χ4v) is 3.26. The number of fused-ring (bicyclic) bond motifs is 2. The molecule has 6 nitrogen and oxygen atoms in total. The van der Waals surface area contributed by atoms with Crippen molar-refractivity contribution in [1.82, 2.24) is 0 Å². The average molecular weight is 353 g/mol. The lowest BCUT2D eigenvalue weighted by Gasteiger charge is -2.32. The lowest BCUT2D eigenvalue weighted by Crippen LogP contribution is -2.41. The number of rotatable bonds is 2. The molecule has 2 aliphatic rings. The van der Waals surface area contributed by atoms with Gasteiger partial charge in [-0.25, -0.2) is 0 Å². The van der Waals surface area contributed by atoms with Crippen LogP contribution in [0.5, 0.6) is 11.5 Å². The maximum absolute atomic E-state index is 11.0. The van der Waals surface area contributed by atoms with Crippen LogP contribution in [0.25, 0.3) is 0 Å². The zero-order chi connectivity index (χ0) is 18.7. The van der Waals surface area contributed by atoms with Crippen molar-refractivity contribution in [3.05, 3.63) is 57.6 Å². The molecule has 134 valence electrons. The average Bonchev–Trinajstić information content (AvgIpc) is 2.79. The fraction of sp³-hybridized carbons (Fsp3) is 0.368. The Balaban J connectivity index is 1.71. The van der Waals surface area contributed by atoms with Gasteiger partial charge in [-0.3, -0.25) is 10.1 Å². The summed E-state index contributed by atoms with van der Waals surface area (Å²) in [7, 11) is -0.519. The molecule has 26 heavy (non-hydrogen) atoms. The SMILES string of the molecule is CC1(C)OB(c2cccc3c2Oc2ccc([N+](=O)[O-])cc2C3)OC1(C)C. The summed E-state index contributed by atoms with van der Waals surface area (Å²) in [5.41, 5.74) is 1.80. The summed E-state index contributed by atoms with van der Waals surface area (Å²) >= 11 is 0. The number of benzene rings is 2. The van der Waals surface area contributed by atoms with Gasteiger partial charge in [0.15, 0.2) is 0 Å². The Bertz CT molecular complexity index is 893. The monoisotopic (exact) mass is 353 g/mol. The van der Waals surface area contributed by atoms with Gasteiger partial charge in [0.1, 0.15) is 11.5 Å². The molecule has 0 aromatic heterocycles. The standard InChI is InChI=1S/C19H20BNO5/c1-18(2)19(3,4)26-20(25-18)15-7-5-6-12-10-13-11-14(21(22)23)8-9-16(13)24-17(12)15/h5-9,11H,10H2,1-4H3. The highest BCUT2D eigenvalue weighted by Gasteiger charge is 2.52. The second-order valence-electron chi connectivity index (χ2n) is 7.75. The van der Waals surface area contributed by atoms with E-state index in [0.717, 1.165) is 16.6 Å². The van der Waals surface area contributed by atoms with E-state index < -0.39 is 23.2 Å². The maximum atomic E-state index is 11.0. The topological polar surface area (TPSA) is 70.8 Å². The van der Waals surface area contributed by atoms with Gasteiger partial charge in [0.2, 0.25) is 0 Å².